The highest BCUT2D eigenvalue weighted by atomic mass is 14.6. The highest BCUT2D eigenvalue weighted by molar-refractivity contribution is 4.60. The van der Waals surface area contributed by atoms with E-state index in [1.54, 1.807) is 0 Å². The zero-order chi connectivity index (χ0) is 11.4. The van der Waals surface area contributed by atoms with E-state index in [1.807, 2.05) is 0 Å². The molecule has 0 fully saturated rings. The first-order valence-electron chi connectivity index (χ1n) is 7.06. The molecule has 2 N–H and O–H groups in total. The number of hydrogen-bond donors (Lipinski definition) is 1. The minimum atomic E-state index is 0.468. The van der Waals surface area contributed by atoms with Crippen molar-refractivity contribution in [2.45, 2.75) is 90.5 Å². The highest BCUT2D eigenvalue weighted by Gasteiger charge is 1.99. The average Bonchev–Trinajstić information content (AvgIpc) is 2.22. The standard InChI is InChI=1S/C14H31N/c1-3-5-6-7-8-9-10-11-13-14(15)12-4-2/h14H,3-13,15H2,1-2H3/t14-/m0/s1. The van der Waals surface area contributed by atoms with Crippen LogP contribution in [0.2, 0.25) is 0 Å². The Labute approximate surface area is 96.8 Å². The fraction of sp³-hybridized carbons (Fsp3) is 1.00. The second kappa shape index (κ2) is 12.0. The van der Waals surface area contributed by atoms with Crippen LogP contribution in [-0.2, 0) is 0 Å². The van der Waals surface area contributed by atoms with Crippen molar-refractivity contribution in [3.05, 3.63) is 0 Å². The van der Waals surface area contributed by atoms with E-state index < -0.39 is 0 Å². The van der Waals surface area contributed by atoms with Crippen molar-refractivity contribution in [1.29, 1.82) is 0 Å². The molecular weight excluding hydrogens is 182 g/mol. The van der Waals surface area contributed by atoms with Gasteiger partial charge in [0.2, 0.25) is 0 Å². The molecule has 1 heteroatoms. The first-order valence-corrected chi connectivity index (χ1v) is 7.06. The van der Waals surface area contributed by atoms with Crippen molar-refractivity contribution in [2.75, 3.05) is 0 Å². The van der Waals surface area contributed by atoms with E-state index in [-0.39, 0.29) is 0 Å². The molecule has 0 amide bonds. The molecule has 0 aromatic rings. The zero-order valence-electron chi connectivity index (χ0n) is 10.9. The van der Waals surface area contributed by atoms with Gasteiger partial charge in [-0.1, -0.05) is 71.6 Å². The molecule has 0 aliphatic carbocycles. The Morgan fingerprint density at radius 1 is 0.667 bits per heavy atom. The third-order valence-corrected chi connectivity index (χ3v) is 3.09. The molecule has 0 bridgehead atoms. The van der Waals surface area contributed by atoms with Crippen LogP contribution in [0, 0.1) is 0 Å². The fourth-order valence-corrected chi connectivity index (χ4v) is 2.06. The number of nitrogens with two attached hydrogens (primary N) is 1. The lowest BCUT2D eigenvalue weighted by Gasteiger charge is -2.09. The molecule has 0 heterocycles. The first-order chi connectivity index (χ1) is 7.31. The maximum atomic E-state index is 5.96. The summed E-state index contributed by atoms with van der Waals surface area (Å²) < 4.78 is 0. The summed E-state index contributed by atoms with van der Waals surface area (Å²) in [6.45, 7) is 4.49. The van der Waals surface area contributed by atoms with Crippen molar-refractivity contribution >= 4 is 0 Å². The Morgan fingerprint density at radius 3 is 1.73 bits per heavy atom. The minimum absolute atomic E-state index is 0.468. The number of rotatable bonds is 11. The molecule has 0 aromatic heterocycles. The third kappa shape index (κ3) is 11.9. The van der Waals surface area contributed by atoms with Gasteiger partial charge in [0, 0.05) is 6.04 Å². The van der Waals surface area contributed by atoms with Crippen molar-refractivity contribution in [1.82, 2.24) is 0 Å². The average molecular weight is 213 g/mol. The summed E-state index contributed by atoms with van der Waals surface area (Å²) in [6, 6.07) is 0.468. The van der Waals surface area contributed by atoms with Crippen LogP contribution in [0.25, 0.3) is 0 Å². The van der Waals surface area contributed by atoms with Gasteiger partial charge in [0.1, 0.15) is 0 Å². The summed E-state index contributed by atoms with van der Waals surface area (Å²) >= 11 is 0. The lowest BCUT2D eigenvalue weighted by atomic mass is 10.0. The van der Waals surface area contributed by atoms with E-state index in [0.717, 1.165) is 0 Å². The summed E-state index contributed by atoms with van der Waals surface area (Å²) in [5.74, 6) is 0. The van der Waals surface area contributed by atoms with Gasteiger partial charge < -0.3 is 5.73 Å². The largest absolute Gasteiger partial charge is 0.328 e. The number of hydrogen-bond acceptors (Lipinski definition) is 1. The molecule has 0 aliphatic rings. The van der Waals surface area contributed by atoms with Crippen LogP contribution in [0.3, 0.4) is 0 Å². The van der Waals surface area contributed by atoms with Gasteiger partial charge >= 0.3 is 0 Å². The van der Waals surface area contributed by atoms with Crippen molar-refractivity contribution in [2.24, 2.45) is 5.73 Å². The van der Waals surface area contributed by atoms with Gasteiger partial charge in [-0.05, 0) is 12.8 Å². The SMILES string of the molecule is CCCCCCCCCC[C@@H](N)CCC. The summed E-state index contributed by atoms with van der Waals surface area (Å²) in [5, 5.41) is 0. The molecule has 15 heavy (non-hydrogen) atoms. The molecule has 1 atom stereocenters. The van der Waals surface area contributed by atoms with Crippen LogP contribution in [0.1, 0.15) is 84.5 Å². The number of unbranched alkanes of at least 4 members (excludes halogenated alkanes) is 7. The molecule has 0 saturated heterocycles. The van der Waals surface area contributed by atoms with E-state index >= 15 is 0 Å². The summed E-state index contributed by atoms with van der Waals surface area (Å²) in [4.78, 5) is 0. The lowest BCUT2D eigenvalue weighted by Crippen LogP contribution is -2.18. The van der Waals surface area contributed by atoms with Gasteiger partial charge in [-0.25, -0.2) is 0 Å². The van der Waals surface area contributed by atoms with E-state index in [1.165, 1.54) is 70.6 Å². The van der Waals surface area contributed by atoms with Gasteiger partial charge in [-0.2, -0.15) is 0 Å². The van der Waals surface area contributed by atoms with Gasteiger partial charge in [0.05, 0.1) is 0 Å². The predicted molar refractivity (Wildman–Crippen MR) is 70.1 cm³/mol. The molecule has 0 rings (SSSR count). The normalized spacial score (nSPS) is 13.0. The Bertz CT molecular complexity index is 112. The summed E-state index contributed by atoms with van der Waals surface area (Å²) in [7, 11) is 0. The Hall–Kier alpha value is -0.0400. The molecule has 0 spiro atoms. The van der Waals surface area contributed by atoms with Gasteiger partial charge in [0.25, 0.3) is 0 Å². The van der Waals surface area contributed by atoms with Crippen molar-refractivity contribution in [3.8, 4) is 0 Å². The van der Waals surface area contributed by atoms with Gasteiger partial charge in [0.15, 0.2) is 0 Å². The minimum Gasteiger partial charge on any atom is -0.328 e. The molecular formula is C14H31N. The van der Waals surface area contributed by atoms with E-state index in [2.05, 4.69) is 13.8 Å². The second-order valence-corrected chi connectivity index (χ2v) is 4.81. The Kier molecular flexibility index (Phi) is 12.0. The maximum Gasteiger partial charge on any atom is 0.00387 e. The third-order valence-electron chi connectivity index (χ3n) is 3.09. The van der Waals surface area contributed by atoms with E-state index in [0.29, 0.717) is 6.04 Å². The van der Waals surface area contributed by atoms with Crippen LogP contribution in [0.5, 0.6) is 0 Å². The molecule has 92 valence electrons. The topological polar surface area (TPSA) is 26.0 Å². The molecule has 0 radical (unpaired) electrons. The van der Waals surface area contributed by atoms with Crippen LogP contribution >= 0.6 is 0 Å². The van der Waals surface area contributed by atoms with Gasteiger partial charge in [-0.3, -0.25) is 0 Å². The second-order valence-electron chi connectivity index (χ2n) is 4.81. The zero-order valence-corrected chi connectivity index (χ0v) is 10.9. The van der Waals surface area contributed by atoms with Crippen LogP contribution in [0.15, 0.2) is 0 Å². The molecule has 0 aromatic carbocycles. The quantitative estimate of drug-likeness (QED) is 0.497. The summed E-state index contributed by atoms with van der Waals surface area (Å²) in [6.07, 6.45) is 14.9. The molecule has 0 unspecified atom stereocenters. The fourth-order valence-electron chi connectivity index (χ4n) is 2.06. The maximum absolute atomic E-state index is 5.96. The van der Waals surface area contributed by atoms with Crippen molar-refractivity contribution < 1.29 is 0 Å². The molecule has 1 nitrogen and oxygen atoms in total. The van der Waals surface area contributed by atoms with Crippen molar-refractivity contribution in [3.63, 3.8) is 0 Å². The molecule has 0 saturated carbocycles. The van der Waals surface area contributed by atoms with Crippen LogP contribution in [0.4, 0.5) is 0 Å². The highest BCUT2D eigenvalue weighted by Crippen LogP contribution is 2.11. The van der Waals surface area contributed by atoms with Crippen LogP contribution in [-0.4, -0.2) is 6.04 Å². The monoisotopic (exact) mass is 213 g/mol. The first kappa shape index (κ1) is 15.0. The smallest absolute Gasteiger partial charge is 0.00387 e. The molecule has 0 aliphatic heterocycles. The lowest BCUT2D eigenvalue weighted by molar-refractivity contribution is 0.504. The Balaban J connectivity index is 2.98. The summed E-state index contributed by atoms with van der Waals surface area (Å²) in [5.41, 5.74) is 5.96. The van der Waals surface area contributed by atoms with Gasteiger partial charge in [-0.15, -0.1) is 0 Å². The van der Waals surface area contributed by atoms with Crippen LogP contribution < -0.4 is 5.73 Å². The van der Waals surface area contributed by atoms with E-state index in [4.69, 9.17) is 5.73 Å². The Morgan fingerprint density at radius 2 is 1.20 bits per heavy atom. The van der Waals surface area contributed by atoms with E-state index in [9.17, 15) is 0 Å². The predicted octanol–water partition coefficient (Wildman–Crippen LogP) is 4.64.